The molecule has 5 rings (SSSR count). The van der Waals surface area contributed by atoms with Gasteiger partial charge in [0.25, 0.3) is 0 Å². The number of hydrogen-bond donors (Lipinski definition) is 3. The van der Waals surface area contributed by atoms with Gasteiger partial charge < -0.3 is 15.3 Å². The number of nitrogens with one attached hydrogen (secondary N) is 2. The summed E-state index contributed by atoms with van der Waals surface area (Å²) in [6.07, 6.45) is -2.19. The minimum Gasteiger partial charge on any atom is -0.475 e. The predicted molar refractivity (Wildman–Crippen MR) is 152 cm³/mol. The second-order valence-electron chi connectivity index (χ2n) is 9.53. The number of nitrogens with zero attached hydrogens (tertiary/aromatic N) is 5. The molecule has 4 aromatic rings. The fourth-order valence-electron chi connectivity index (χ4n) is 4.37. The van der Waals surface area contributed by atoms with Crippen LogP contribution in [0.4, 0.5) is 30.6 Å². The number of carbonyl (C=O) groups is 1. The van der Waals surface area contributed by atoms with Crippen molar-refractivity contribution < 1.29 is 31.5 Å². The number of carboxylic acids is 1. The molecule has 0 spiro atoms. The van der Waals surface area contributed by atoms with Gasteiger partial charge in [-0.2, -0.15) is 23.4 Å². The van der Waals surface area contributed by atoms with Crippen molar-refractivity contribution in [2.24, 2.45) is 0 Å². The quantitative estimate of drug-likeness (QED) is 0.282. The number of halogens is 3. The van der Waals surface area contributed by atoms with Gasteiger partial charge in [0.1, 0.15) is 10.7 Å². The number of pyridine rings is 1. The summed E-state index contributed by atoms with van der Waals surface area (Å²) in [5, 5.41) is 20.2. The number of benzene rings is 2. The molecule has 224 valence electrons. The Labute approximate surface area is 245 Å². The monoisotopic (exact) mass is 613 g/mol. The number of rotatable bonds is 6. The highest BCUT2D eigenvalue weighted by Crippen LogP contribution is 2.25. The summed E-state index contributed by atoms with van der Waals surface area (Å²) in [7, 11) is -3.71. The van der Waals surface area contributed by atoms with Crippen molar-refractivity contribution in [2.75, 3.05) is 23.3 Å². The zero-order valence-electron chi connectivity index (χ0n) is 22.7. The van der Waals surface area contributed by atoms with Gasteiger partial charge in [0.05, 0.1) is 17.1 Å². The number of hydrogen-bond acceptors (Lipinski definition) is 9. The first kappa shape index (κ1) is 31.1. The molecule has 0 unspecified atom stereocenters. The second kappa shape index (κ2) is 13.0. The van der Waals surface area contributed by atoms with Crippen molar-refractivity contribution in [1.29, 1.82) is 5.26 Å². The normalized spacial score (nSPS) is 14.0. The molecule has 0 aliphatic carbocycles. The van der Waals surface area contributed by atoms with Gasteiger partial charge >= 0.3 is 12.1 Å². The number of anilines is 3. The molecule has 11 nitrogen and oxygen atoms in total. The number of carboxylic acid groups (broad SMARTS) is 1. The van der Waals surface area contributed by atoms with E-state index in [1.54, 1.807) is 42.6 Å². The number of sulfonamides is 1. The third-order valence-corrected chi connectivity index (χ3v) is 7.91. The van der Waals surface area contributed by atoms with E-state index < -0.39 is 22.2 Å². The lowest BCUT2D eigenvalue weighted by Crippen LogP contribution is -2.45. The lowest BCUT2D eigenvalue weighted by Gasteiger charge is -2.33. The maximum absolute atomic E-state index is 13.2. The average Bonchev–Trinajstić information content (AvgIpc) is 2.96. The smallest absolute Gasteiger partial charge is 0.475 e. The van der Waals surface area contributed by atoms with E-state index >= 15 is 0 Å². The van der Waals surface area contributed by atoms with Gasteiger partial charge in [-0.1, -0.05) is 24.3 Å². The van der Waals surface area contributed by atoms with Gasteiger partial charge in [0.2, 0.25) is 16.0 Å². The number of nitriles is 1. The Bertz CT molecular complexity index is 1770. The maximum Gasteiger partial charge on any atom is 0.490 e. The molecule has 3 N–H and O–H groups in total. The molecule has 0 amide bonds. The summed E-state index contributed by atoms with van der Waals surface area (Å²) in [4.78, 5) is 24.7. The van der Waals surface area contributed by atoms with Crippen LogP contribution in [-0.4, -0.2) is 59.8 Å². The Morgan fingerprint density at radius 2 is 1.74 bits per heavy atom. The predicted octanol–water partition coefficient (Wildman–Crippen LogP) is 4.53. The number of fused-ring (bicyclic) bond motifs is 1. The first-order valence-corrected chi connectivity index (χ1v) is 14.4. The largest absolute Gasteiger partial charge is 0.490 e. The van der Waals surface area contributed by atoms with Gasteiger partial charge in [0.15, 0.2) is 0 Å². The second-order valence-corrected chi connectivity index (χ2v) is 11.2. The lowest BCUT2D eigenvalue weighted by atomic mass is 10.1. The Balaban J connectivity index is 0.000000541. The van der Waals surface area contributed by atoms with Crippen LogP contribution in [0.1, 0.15) is 24.1 Å². The highest BCUT2D eigenvalue weighted by atomic mass is 32.2. The van der Waals surface area contributed by atoms with E-state index in [1.807, 2.05) is 31.2 Å². The number of para-hydroxylation sites is 1. The molecule has 0 atom stereocenters. The third kappa shape index (κ3) is 8.15. The summed E-state index contributed by atoms with van der Waals surface area (Å²) in [5.41, 5.74) is 2.57. The summed E-state index contributed by atoms with van der Waals surface area (Å²) in [6.45, 7) is 3.21. The van der Waals surface area contributed by atoms with Crippen molar-refractivity contribution in [3.05, 3.63) is 78.1 Å². The molecule has 1 aliphatic rings. The van der Waals surface area contributed by atoms with Crippen molar-refractivity contribution in [3.63, 3.8) is 0 Å². The molecule has 2 aromatic heterocycles. The van der Waals surface area contributed by atoms with E-state index in [2.05, 4.69) is 36.0 Å². The number of aryl methyl sites for hydroxylation is 1. The van der Waals surface area contributed by atoms with E-state index in [4.69, 9.17) is 15.2 Å². The Kier molecular flexibility index (Phi) is 9.42. The molecule has 1 fully saturated rings. The van der Waals surface area contributed by atoms with Gasteiger partial charge in [-0.05, 0) is 50.1 Å². The van der Waals surface area contributed by atoms with Gasteiger partial charge in [0, 0.05) is 48.2 Å². The first-order chi connectivity index (χ1) is 20.4. The van der Waals surface area contributed by atoms with Crippen LogP contribution in [0.5, 0.6) is 0 Å². The topological polar surface area (TPSA) is 161 Å². The number of alkyl halides is 3. The number of piperidine rings is 1. The SMILES string of the molecule is Cc1cc(N2CCC(NS(=O)(=O)c3cccc4cccnc34)CC2)nc(Nc2cccc(C#N)c2)n1.O=C(O)C(F)(F)F. The first-order valence-electron chi connectivity index (χ1n) is 12.9. The highest BCUT2D eigenvalue weighted by molar-refractivity contribution is 7.89. The molecule has 0 radical (unpaired) electrons. The Morgan fingerprint density at radius 1 is 1.07 bits per heavy atom. The summed E-state index contributed by atoms with van der Waals surface area (Å²) < 4.78 is 60.9. The third-order valence-electron chi connectivity index (χ3n) is 6.36. The highest BCUT2D eigenvalue weighted by Gasteiger charge is 2.38. The molecule has 43 heavy (non-hydrogen) atoms. The van der Waals surface area contributed by atoms with Crippen LogP contribution in [0.2, 0.25) is 0 Å². The summed E-state index contributed by atoms with van der Waals surface area (Å²) in [5.74, 6) is -1.53. The van der Waals surface area contributed by atoms with Crippen LogP contribution in [0.25, 0.3) is 10.9 Å². The number of aliphatic carboxylic acids is 1. The van der Waals surface area contributed by atoms with Crippen molar-refractivity contribution in [3.8, 4) is 6.07 Å². The Hall–Kier alpha value is -4.81. The molecule has 1 aliphatic heterocycles. The van der Waals surface area contributed by atoms with Crippen LogP contribution in [0.3, 0.4) is 0 Å². The van der Waals surface area contributed by atoms with Crippen LogP contribution < -0.4 is 14.9 Å². The van der Waals surface area contributed by atoms with E-state index in [0.717, 1.165) is 22.6 Å². The molecule has 1 saturated heterocycles. The van der Waals surface area contributed by atoms with Gasteiger partial charge in [-0.15, -0.1) is 0 Å². The maximum atomic E-state index is 13.2. The molecule has 3 heterocycles. The molecule has 2 aromatic carbocycles. The van der Waals surface area contributed by atoms with Crippen LogP contribution >= 0.6 is 0 Å². The van der Waals surface area contributed by atoms with Gasteiger partial charge in [-0.3, -0.25) is 4.98 Å². The van der Waals surface area contributed by atoms with E-state index in [-0.39, 0.29) is 10.9 Å². The average molecular weight is 614 g/mol. The molecule has 0 saturated carbocycles. The minimum atomic E-state index is -5.08. The standard InChI is InChI=1S/C26H25N7O2S.C2HF3O2/c1-18-15-24(31-26(29-18)30-22-8-2-5-19(16-22)17-27)33-13-10-21(11-14-33)32-36(34,35)23-9-3-6-20-7-4-12-28-25(20)23;3-2(4,5)1(6)7/h2-9,12,15-16,21,32H,10-11,13-14H2,1H3,(H,29,30,31);(H,6,7). The summed E-state index contributed by atoms with van der Waals surface area (Å²) >= 11 is 0. The number of aromatic nitrogens is 3. The van der Waals surface area contributed by atoms with Crippen LogP contribution in [0, 0.1) is 18.3 Å². The van der Waals surface area contributed by atoms with Crippen LogP contribution in [0.15, 0.2) is 71.8 Å². The van der Waals surface area contributed by atoms with Crippen molar-refractivity contribution in [1.82, 2.24) is 19.7 Å². The van der Waals surface area contributed by atoms with Crippen molar-refractivity contribution >= 4 is 44.3 Å². The van der Waals surface area contributed by atoms with Crippen LogP contribution in [-0.2, 0) is 14.8 Å². The van der Waals surface area contributed by atoms with E-state index in [0.29, 0.717) is 43.0 Å². The van der Waals surface area contributed by atoms with E-state index in [1.165, 1.54) is 0 Å². The lowest BCUT2D eigenvalue weighted by molar-refractivity contribution is -0.192. The summed E-state index contributed by atoms with van der Waals surface area (Å²) in [6, 6.07) is 19.8. The molecular formula is C28H26F3N7O4S. The zero-order chi connectivity index (χ0) is 31.2. The van der Waals surface area contributed by atoms with Crippen molar-refractivity contribution in [2.45, 2.75) is 36.9 Å². The van der Waals surface area contributed by atoms with E-state index in [9.17, 15) is 21.6 Å². The van der Waals surface area contributed by atoms with Gasteiger partial charge in [-0.25, -0.2) is 22.9 Å². The molecule has 0 bridgehead atoms. The fourth-order valence-corrected chi connectivity index (χ4v) is 5.85. The Morgan fingerprint density at radius 3 is 2.42 bits per heavy atom. The molecular weight excluding hydrogens is 587 g/mol. The fraction of sp³-hybridized carbons (Fsp3) is 0.250. The molecule has 15 heteroatoms. The minimum absolute atomic E-state index is 0.181. The zero-order valence-corrected chi connectivity index (χ0v) is 23.5.